The molecule has 172 valence electrons. The normalized spacial score (nSPS) is 14.5. The third-order valence-electron chi connectivity index (χ3n) is 3.96. The van der Waals surface area contributed by atoms with E-state index in [1.807, 2.05) is 0 Å². The highest BCUT2D eigenvalue weighted by Gasteiger charge is 2.28. The molecule has 0 rings (SSSR count). The van der Waals surface area contributed by atoms with Crippen LogP contribution in [0.3, 0.4) is 0 Å². The summed E-state index contributed by atoms with van der Waals surface area (Å²) in [6, 6.07) is -3.57. The molecular formula is C16H33N9O5. The van der Waals surface area contributed by atoms with E-state index in [0.717, 1.165) is 0 Å². The first-order chi connectivity index (χ1) is 14.0. The first kappa shape index (κ1) is 26.9. The molecule has 0 aliphatic rings. The van der Waals surface area contributed by atoms with E-state index in [2.05, 4.69) is 20.6 Å². The summed E-state index contributed by atoms with van der Waals surface area (Å²) < 4.78 is 0. The van der Waals surface area contributed by atoms with Gasteiger partial charge in [0.15, 0.2) is 11.9 Å². The summed E-state index contributed by atoms with van der Waals surface area (Å²) in [5.74, 6) is -2.97. The van der Waals surface area contributed by atoms with Crippen LogP contribution in [0.1, 0.15) is 32.6 Å². The minimum Gasteiger partial charge on any atom is -0.480 e. The van der Waals surface area contributed by atoms with Gasteiger partial charge in [0, 0.05) is 13.1 Å². The minimum absolute atomic E-state index is 0.0692. The van der Waals surface area contributed by atoms with Gasteiger partial charge < -0.3 is 49.5 Å². The second-order valence-electron chi connectivity index (χ2n) is 6.62. The van der Waals surface area contributed by atoms with E-state index >= 15 is 0 Å². The lowest BCUT2D eigenvalue weighted by Gasteiger charge is -2.23. The second kappa shape index (κ2) is 13.9. The van der Waals surface area contributed by atoms with Gasteiger partial charge in [-0.2, -0.15) is 0 Å². The molecule has 0 aromatic heterocycles. The zero-order chi connectivity index (χ0) is 23.3. The number of amides is 2. The average molecular weight is 431 g/mol. The zero-order valence-electron chi connectivity index (χ0n) is 17.0. The summed E-state index contributed by atoms with van der Waals surface area (Å²) in [6.07, 6.45) is -0.329. The number of aliphatic imine (C=N–C) groups is 2. The molecule has 0 fully saturated rings. The lowest BCUT2D eigenvalue weighted by molar-refractivity contribution is -0.142. The van der Waals surface area contributed by atoms with Crippen molar-refractivity contribution in [2.45, 2.75) is 56.8 Å². The Hall–Kier alpha value is -3.13. The van der Waals surface area contributed by atoms with Gasteiger partial charge in [-0.05, 0) is 32.6 Å². The number of carboxylic acids is 1. The summed E-state index contributed by atoms with van der Waals surface area (Å²) in [5, 5.41) is 23.6. The highest BCUT2D eigenvalue weighted by atomic mass is 16.4. The van der Waals surface area contributed by atoms with E-state index in [1.165, 1.54) is 6.92 Å². The van der Waals surface area contributed by atoms with Crippen LogP contribution in [0, 0.1) is 0 Å². The quantitative estimate of drug-likeness (QED) is 0.0727. The van der Waals surface area contributed by atoms with Gasteiger partial charge >= 0.3 is 5.97 Å². The van der Waals surface area contributed by atoms with Crippen molar-refractivity contribution in [3.8, 4) is 0 Å². The molecule has 0 aliphatic heterocycles. The molecule has 30 heavy (non-hydrogen) atoms. The molecule has 0 radical (unpaired) electrons. The molecule has 0 aromatic rings. The van der Waals surface area contributed by atoms with Gasteiger partial charge in [0.25, 0.3) is 0 Å². The molecule has 0 aromatic carbocycles. The molecule has 14 nitrogen and oxygen atoms in total. The van der Waals surface area contributed by atoms with Crippen LogP contribution in [0.15, 0.2) is 9.98 Å². The van der Waals surface area contributed by atoms with Crippen molar-refractivity contribution < 1.29 is 24.6 Å². The van der Waals surface area contributed by atoms with Crippen LogP contribution in [0.4, 0.5) is 0 Å². The number of rotatable bonds is 14. The van der Waals surface area contributed by atoms with E-state index in [4.69, 9.17) is 28.7 Å². The summed E-state index contributed by atoms with van der Waals surface area (Å²) in [4.78, 5) is 43.7. The largest absolute Gasteiger partial charge is 0.480 e. The van der Waals surface area contributed by atoms with E-state index in [0.29, 0.717) is 12.8 Å². The van der Waals surface area contributed by atoms with E-state index in [1.54, 1.807) is 0 Å². The number of carbonyl (C=O) groups is 3. The molecule has 0 bridgehead atoms. The Kier molecular flexibility index (Phi) is 12.5. The number of hydrogen-bond acceptors (Lipinski definition) is 7. The molecule has 0 heterocycles. The number of aliphatic hydroxyl groups excluding tert-OH is 1. The van der Waals surface area contributed by atoms with E-state index in [9.17, 15) is 24.6 Å². The number of nitrogens with two attached hydrogens (primary N) is 5. The first-order valence-electron chi connectivity index (χ1n) is 9.33. The van der Waals surface area contributed by atoms with Gasteiger partial charge in [-0.25, -0.2) is 4.79 Å². The Morgan fingerprint density at radius 1 is 0.867 bits per heavy atom. The SMILES string of the molecule is C[C@@H](O)[C@H](N)C(=O)N[C@@H](CCCN=C(N)N)C(=O)N[C@@H](CCCN=C(N)N)C(=O)O. The van der Waals surface area contributed by atoms with Gasteiger partial charge in [0.2, 0.25) is 11.8 Å². The molecule has 0 unspecified atom stereocenters. The van der Waals surface area contributed by atoms with Crippen LogP contribution in [0.5, 0.6) is 0 Å². The van der Waals surface area contributed by atoms with Crippen LogP contribution in [-0.2, 0) is 14.4 Å². The van der Waals surface area contributed by atoms with Crippen LogP contribution < -0.4 is 39.3 Å². The van der Waals surface area contributed by atoms with Crippen molar-refractivity contribution in [2.24, 2.45) is 38.7 Å². The summed E-state index contributed by atoms with van der Waals surface area (Å²) in [6.45, 7) is 1.73. The monoisotopic (exact) mass is 431 g/mol. The number of nitrogens with zero attached hydrogens (tertiary/aromatic N) is 2. The molecule has 0 saturated carbocycles. The topological polar surface area (TPSA) is 271 Å². The molecule has 14 N–H and O–H groups in total. The van der Waals surface area contributed by atoms with Gasteiger partial charge in [0.05, 0.1) is 6.10 Å². The Labute approximate surface area is 174 Å². The summed E-state index contributed by atoms with van der Waals surface area (Å²) >= 11 is 0. The predicted octanol–water partition coefficient (Wildman–Crippen LogP) is -4.14. The highest BCUT2D eigenvalue weighted by molar-refractivity contribution is 5.91. The highest BCUT2D eigenvalue weighted by Crippen LogP contribution is 2.04. The predicted molar refractivity (Wildman–Crippen MR) is 111 cm³/mol. The lowest BCUT2D eigenvalue weighted by atomic mass is 10.1. The second-order valence-corrected chi connectivity index (χ2v) is 6.62. The Bertz CT molecular complexity index is 631. The zero-order valence-corrected chi connectivity index (χ0v) is 17.0. The smallest absolute Gasteiger partial charge is 0.326 e. The van der Waals surface area contributed by atoms with E-state index in [-0.39, 0.29) is 37.9 Å². The third kappa shape index (κ3) is 11.7. The Balaban J connectivity index is 5.10. The van der Waals surface area contributed by atoms with Gasteiger partial charge in [-0.15, -0.1) is 0 Å². The van der Waals surface area contributed by atoms with Crippen LogP contribution in [-0.4, -0.2) is 77.2 Å². The van der Waals surface area contributed by atoms with Crippen molar-refractivity contribution in [3.05, 3.63) is 0 Å². The van der Waals surface area contributed by atoms with E-state index < -0.39 is 42.0 Å². The number of hydrogen-bond donors (Lipinski definition) is 9. The summed E-state index contributed by atoms with van der Waals surface area (Å²) in [7, 11) is 0. The van der Waals surface area contributed by atoms with Crippen LogP contribution in [0.25, 0.3) is 0 Å². The molecule has 14 heteroatoms. The van der Waals surface area contributed by atoms with Gasteiger partial charge in [-0.3, -0.25) is 19.6 Å². The number of aliphatic hydroxyl groups is 1. The number of nitrogens with one attached hydrogen (secondary N) is 2. The maximum Gasteiger partial charge on any atom is 0.326 e. The van der Waals surface area contributed by atoms with Gasteiger partial charge in [0.1, 0.15) is 18.1 Å². The fourth-order valence-electron chi connectivity index (χ4n) is 2.29. The number of guanidine groups is 2. The maximum atomic E-state index is 12.6. The van der Waals surface area contributed by atoms with Crippen molar-refractivity contribution >= 4 is 29.7 Å². The molecular weight excluding hydrogens is 398 g/mol. The molecule has 2 amide bonds. The Morgan fingerprint density at radius 2 is 1.30 bits per heavy atom. The first-order valence-corrected chi connectivity index (χ1v) is 9.33. The molecule has 0 saturated heterocycles. The van der Waals surface area contributed by atoms with Crippen molar-refractivity contribution in [2.75, 3.05) is 13.1 Å². The Morgan fingerprint density at radius 3 is 1.70 bits per heavy atom. The minimum atomic E-state index is -1.26. The van der Waals surface area contributed by atoms with Crippen molar-refractivity contribution in [1.29, 1.82) is 0 Å². The third-order valence-corrected chi connectivity index (χ3v) is 3.96. The van der Waals surface area contributed by atoms with Crippen LogP contribution >= 0.6 is 0 Å². The summed E-state index contributed by atoms with van der Waals surface area (Å²) in [5.41, 5.74) is 26.5. The number of carboxylic acid groups (broad SMARTS) is 1. The fraction of sp³-hybridized carbons (Fsp3) is 0.688. The number of carbonyl (C=O) groups excluding carboxylic acids is 2. The van der Waals surface area contributed by atoms with Crippen molar-refractivity contribution in [3.63, 3.8) is 0 Å². The average Bonchev–Trinajstić information content (AvgIpc) is 2.64. The maximum absolute atomic E-state index is 12.6. The lowest BCUT2D eigenvalue weighted by Crippen LogP contribution is -2.56. The molecule has 4 atom stereocenters. The fourth-order valence-corrected chi connectivity index (χ4v) is 2.29. The standard InChI is InChI=1S/C16H33N9O5/c1-8(26)11(17)13(28)24-9(4-2-6-22-15(18)19)12(27)25-10(14(29)30)5-3-7-23-16(20)21/h8-11,26H,2-7,17H2,1H3,(H,24,28)(H,25,27)(H,29,30)(H4,18,19,22)(H4,20,21,23)/t8-,9+,10+,11+/m1/s1. The molecule has 0 aliphatic carbocycles. The van der Waals surface area contributed by atoms with Crippen LogP contribution in [0.2, 0.25) is 0 Å². The van der Waals surface area contributed by atoms with Gasteiger partial charge in [-0.1, -0.05) is 0 Å². The molecule has 0 spiro atoms. The number of aliphatic carboxylic acids is 1. The van der Waals surface area contributed by atoms with Crippen molar-refractivity contribution in [1.82, 2.24) is 10.6 Å².